The highest BCUT2D eigenvalue weighted by Gasteiger charge is 2.03. The predicted octanol–water partition coefficient (Wildman–Crippen LogP) is 4.44. The zero-order valence-electron chi connectivity index (χ0n) is 11.3. The fraction of sp³-hybridized carbons (Fsp3) is 0.250. The van der Waals surface area contributed by atoms with Crippen molar-refractivity contribution in [3.63, 3.8) is 0 Å². The van der Waals surface area contributed by atoms with Crippen molar-refractivity contribution in [2.45, 2.75) is 13.0 Å². The molecule has 0 unspecified atom stereocenters. The molecule has 0 fully saturated rings. The van der Waals surface area contributed by atoms with Gasteiger partial charge in [-0.05, 0) is 49.3 Å². The van der Waals surface area contributed by atoms with Crippen molar-refractivity contribution >= 4 is 27.5 Å². The van der Waals surface area contributed by atoms with Crippen LogP contribution in [0, 0.1) is 0 Å². The molecule has 0 aliphatic heterocycles. The maximum Gasteiger partial charge on any atom is 0.138 e. The number of hydrogen-bond donors (Lipinski definition) is 1. The maximum absolute atomic E-state index is 6.12. The van der Waals surface area contributed by atoms with Crippen LogP contribution in [0.25, 0.3) is 0 Å². The summed E-state index contributed by atoms with van der Waals surface area (Å²) in [7, 11) is 1.96. The summed E-state index contributed by atoms with van der Waals surface area (Å²) in [5, 5.41) is 3.76. The minimum absolute atomic E-state index is 0.521. The first-order valence-corrected chi connectivity index (χ1v) is 7.66. The summed E-state index contributed by atoms with van der Waals surface area (Å²) in [6.45, 7) is 1.51. The second-order valence-corrected chi connectivity index (χ2v) is 5.86. The quantitative estimate of drug-likeness (QED) is 0.828. The van der Waals surface area contributed by atoms with Gasteiger partial charge in [0.05, 0.1) is 5.02 Å². The summed E-state index contributed by atoms with van der Waals surface area (Å²) >= 11 is 9.49. The molecule has 0 heterocycles. The lowest BCUT2D eigenvalue weighted by Gasteiger charge is -2.09. The third-order valence-electron chi connectivity index (χ3n) is 2.97. The smallest absolute Gasteiger partial charge is 0.138 e. The summed E-state index contributed by atoms with van der Waals surface area (Å²) in [4.78, 5) is 0. The van der Waals surface area contributed by atoms with Crippen LogP contribution in [0.15, 0.2) is 46.9 Å². The van der Waals surface area contributed by atoms with E-state index < -0.39 is 0 Å². The van der Waals surface area contributed by atoms with Crippen LogP contribution in [0.4, 0.5) is 0 Å². The highest BCUT2D eigenvalue weighted by Crippen LogP contribution is 2.28. The molecule has 0 aliphatic carbocycles. The second kappa shape index (κ2) is 7.67. The Kier molecular flexibility index (Phi) is 5.89. The lowest BCUT2D eigenvalue weighted by Crippen LogP contribution is -2.10. The van der Waals surface area contributed by atoms with Gasteiger partial charge in [0.1, 0.15) is 12.4 Å². The Balaban J connectivity index is 1.93. The topological polar surface area (TPSA) is 21.3 Å². The van der Waals surface area contributed by atoms with E-state index in [0.717, 1.165) is 23.0 Å². The van der Waals surface area contributed by atoms with E-state index in [4.69, 9.17) is 16.3 Å². The first-order valence-electron chi connectivity index (χ1n) is 6.49. The SMILES string of the molecule is CNCCc1ccc(COc2ccc(Br)cc2Cl)cc1. The molecule has 0 radical (unpaired) electrons. The van der Waals surface area contributed by atoms with Gasteiger partial charge in [0.15, 0.2) is 0 Å². The molecule has 2 nitrogen and oxygen atoms in total. The number of hydrogen-bond acceptors (Lipinski definition) is 2. The van der Waals surface area contributed by atoms with Gasteiger partial charge < -0.3 is 10.1 Å². The van der Waals surface area contributed by atoms with E-state index in [9.17, 15) is 0 Å². The minimum Gasteiger partial charge on any atom is -0.487 e. The van der Waals surface area contributed by atoms with Gasteiger partial charge in [0, 0.05) is 4.47 Å². The van der Waals surface area contributed by atoms with E-state index in [1.54, 1.807) is 0 Å². The molecule has 4 heteroatoms. The number of halogens is 2. The summed E-state index contributed by atoms with van der Waals surface area (Å²) in [6.07, 6.45) is 1.04. The number of benzene rings is 2. The third-order valence-corrected chi connectivity index (χ3v) is 3.76. The lowest BCUT2D eigenvalue weighted by atomic mass is 10.1. The number of ether oxygens (including phenoxy) is 1. The van der Waals surface area contributed by atoms with Crippen LogP contribution >= 0.6 is 27.5 Å². The Morgan fingerprint density at radius 3 is 2.45 bits per heavy atom. The molecular formula is C16H17BrClNO. The summed E-state index contributed by atoms with van der Waals surface area (Å²) in [6, 6.07) is 14.1. The fourth-order valence-corrected chi connectivity index (χ4v) is 2.55. The largest absolute Gasteiger partial charge is 0.487 e. The first kappa shape index (κ1) is 15.4. The number of likely N-dealkylation sites (N-methyl/N-ethyl adjacent to an activating group) is 1. The minimum atomic E-state index is 0.521. The van der Waals surface area contributed by atoms with Crippen molar-refractivity contribution in [3.8, 4) is 5.75 Å². The molecule has 20 heavy (non-hydrogen) atoms. The molecule has 1 N–H and O–H groups in total. The van der Waals surface area contributed by atoms with Crippen molar-refractivity contribution in [2.75, 3.05) is 13.6 Å². The van der Waals surface area contributed by atoms with Crippen molar-refractivity contribution in [3.05, 3.63) is 63.1 Å². The molecule has 0 bridgehead atoms. The number of nitrogens with one attached hydrogen (secondary N) is 1. The first-order chi connectivity index (χ1) is 9.69. The molecule has 2 aromatic rings. The Morgan fingerprint density at radius 2 is 1.80 bits per heavy atom. The van der Waals surface area contributed by atoms with E-state index in [1.165, 1.54) is 5.56 Å². The van der Waals surface area contributed by atoms with Crippen molar-refractivity contribution in [1.82, 2.24) is 5.32 Å². The summed E-state index contributed by atoms with van der Waals surface area (Å²) in [5.41, 5.74) is 2.46. The van der Waals surface area contributed by atoms with Crippen LogP contribution in [0.2, 0.25) is 5.02 Å². The summed E-state index contributed by atoms with van der Waals surface area (Å²) in [5.74, 6) is 0.703. The molecule has 2 rings (SSSR count). The maximum atomic E-state index is 6.12. The molecule has 106 valence electrons. The molecule has 0 saturated carbocycles. The molecule has 0 spiro atoms. The van der Waals surface area contributed by atoms with Crippen LogP contribution in [0.3, 0.4) is 0 Å². The summed E-state index contributed by atoms with van der Waals surface area (Å²) < 4.78 is 6.68. The van der Waals surface area contributed by atoms with Crippen LogP contribution in [0.1, 0.15) is 11.1 Å². The molecule has 0 aromatic heterocycles. The molecule has 0 amide bonds. The van der Waals surface area contributed by atoms with Gasteiger partial charge in [-0.3, -0.25) is 0 Å². The normalized spacial score (nSPS) is 10.6. The molecule has 0 saturated heterocycles. The Hall–Kier alpha value is -1.03. The van der Waals surface area contributed by atoms with Crippen LogP contribution < -0.4 is 10.1 Å². The number of rotatable bonds is 6. The standard InChI is InChI=1S/C16H17BrClNO/c1-19-9-8-12-2-4-13(5-3-12)11-20-16-7-6-14(17)10-15(16)18/h2-7,10,19H,8-9,11H2,1H3. The highest BCUT2D eigenvalue weighted by molar-refractivity contribution is 9.10. The average molecular weight is 355 g/mol. The Morgan fingerprint density at radius 1 is 1.10 bits per heavy atom. The van der Waals surface area contributed by atoms with E-state index in [1.807, 2.05) is 25.2 Å². The Bertz CT molecular complexity index is 557. The van der Waals surface area contributed by atoms with Gasteiger partial charge in [0.2, 0.25) is 0 Å². The van der Waals surface area contributed by atoms with Crippen molar-refractivity contribution in [1.29, 1.82) is 0 Å². The highest BCUT2D eigenvalue weighted by atomic mass is 79.9. The van der Waals surface area contributed by atoms with Crippen molar-refractivity contribution in [2.24, 2.45) is 0 Å². The van der Waals surface area contributed by atoms with E-state index in [0.29, 0.717) is 17.4 Å². The van der Waals surface area contributed by atoms with E-state index >= 15 is 0 Å². The Labute approximate surface area is 133 Å². The van der Waals surface area contributed by atoms with Gasteiger partial charge >= 0.3 is 0 Å². The van der Waals surface area contributed by atoms with Gasteiger partial charge in [-0.15, -0.1) is 0 Å². The molecule has 2 aromatic carbocycles. The van der Waals surface area contributed by atoms with Crippen LogP contribution in [-0.4, -0.2) is 13.6 Å². The van der Waals surface area contributed by atoms with Gasteiger partial charge in [0.25, 0.3) is 0 Å². The predicted molar refractivity (Wildman–Crippen MR) is 87.6 cm³/mol. The zero-order valence-corrected chi connectivity index (χ0v) is 13.7. The van der Waals surface area contributed by atoms with Crippen LogP contribution in [0.5, 0.6) is 5.75 Å². The molecule has 0 atom stereocenters. The second-order valence-electron chi connectivity index (χ2n) is 4.53. The monoisotopic (exact) mass is 353 g/mol. The average Bonchev–Trinajstić information content (AvgIpc) is 2.45. The van der Waals surface area contributed by atoms with E-state index in [-0.39, 0.29) is 0 Å². The zero-order chi connectivity index (χ0) is 14.4. The van der Waals surface area contributed by atoms with E-state index in [2.05, 4.69) is 45.5 Å². The molecular weight excluding hydrogens is 338 g/mol. The van der Waals surface area contributed by atoms with Gasteiger partial charge in [-0.1, -0.05) is 51.8 Å². The van der Waals surface area contributed by atoms with Gasteiger partial charge in [-0.25, -0.2) is 0 Å². The molecule has 0 aliphatic rings. The lowest BCUT2D eigenvalue weighted by molar-refractivity contribution is 0.306. The third kappa shape index (κ3) is 4.51. The van der Waals surface area contributed by atoms with Crippen molar-refractivity contribution < 1.29 is 4.74 Å². The van der Waals surface area contributed by atoms with Crippen LogP contribution in [-0.2, 0) is 13.0 Å². The van der Waals surface area contributed by atoms with Gasteiger partial charge in [-0.2, -0.15) is 0 Å². The fourth-order valence-electron chi connectivity index (χ4n) is 1.82.